The highest BCUT2D eigenvalue weighted by Gasteiger charge is 2.23. The number of nitrogens with two attached hydrogens (primary N) is 1. The maximum atomic E-state index is 11.9. The summed E-state index contributed by atoms with van der Waals surface area (Å²) in [6, 6.07) is 0.0352. The predicted molar refractivity (Wildman–Crippen MR) is 60.9 cm³/mol. The zero-order valence-corrected chi connectivity index (χ0v) is 10.3. The van der Waals surface area contributed by atoms with Crippen LogP contribution in [0.1, 0.15) is 40.3 Å². The molecule has 0 fully saturated rings. The fourth-order valence-corrected chi connectivity index (χ4v) is 1.15. The second-order valence-corrected chi connectivity index (χ2v) is 4.92. The van der Waals surface area contributed by atoms with E-state index in [0.29, 0.717) is 5.69 Å². The fraction of sp³-hybridized carbons (Fsp3) is 0.700. The van der Waals surface area contributed by atoms with Crippen LogP contribution in [0.5, 0.6) is 6.01 Å². The lowest BCUT2D eigenvalue weighted by molar-refractivity contribution is 0.208. The van der Waals surface area contributed by atoms with Crippen molar-refractivity contribution in [3.05, 3.63) is 16.0 Å². The molecule has 0 aliphatic rings. The van der Waals surface area contributed by atoms with Crippen molar-refractivity contribution in [3.63, 3.8) is 0 Å². The van der Waals surface area contributed by atoms with Crippen LogP contribution >= 0.6 is 0 Å². The zero-order valence-electron chi connectivity index (χ0n) is 10.3. The molecule has 0 bridgehead atoms. The second-order valence-electron chi connectivity index (χ2n) is 4.92. The van der Waals surface area contributed by atoms with Crippen molar-refractivity contribution in [1.29, 1.82) is 0 Å². The molecule has 0 spiro atoms. The van der Waals surface area contributed by atoms with Gasteiger partial charge in [-0.2, -0.15) is 4.68 Å². The van der Waals surface area contributed by atoms with Crippen molar-refractivity contribution in [1.82, 2.24) is 14.9 Å². The van der Waals surface area contributed by atoms with Crippen LogP contribution in [0.25, 0.3) is 0 Å². The number of rotatable bonds is 2. The van der Waals surface area contributed by atoms with E-state index in [1.165, 1.54) is 0 Å². The maximum Gasteiger partial charge on any atom is 0.338 e. The van der Waals surface area contributed by atoms with Gasteiger partial charge in [0.15, 0.2) is 0 Å². The Hall–Kier alpha value is -1.59. The Kier molecular flexibility index (Phi) is 3.21. The van der Waals surface area contributed by atoms with E-state index in [4.69, 9.17) is 10.6 Å². The highest BCUT2D eigenvalue weighted by Crippen LogP contribution is 2.16. The number of nitrogens with zero attached hydrogens (tertiary/aromatic N) is 3. The number of ether oxygens (including phenoxy) is 1. The summed E-state index contributed by atoms with van der Waals surface area (Å²) in [6.07, 6.45) is -0.107. The van der Waals surface area contributed by atoms with Gasteiger partial charge in [-0.3, -0.25) is 4.79 Å². The van der Waals surface area contributed by atoms with Gasteiger partial charge in [-0.1, -0.05) is 25.9 Å². The van der Waals surface area contributed by atoms with Crippen LogP contribution in [0.2, 0.25) is 0 Å². The predicted octanol–water partition coefficient (Wildman–Crippen LogP) is 0.437. The van der Waals surface area contributed by atoms with E-state index in [0.717, 1.165) is 4.68 Å². The molecule has 90 valence electrons. The molecule has 0 radical (unpaired) electrons. The molecule has 6 nitrogen and oxygen atoms in total. The van der Waals surface area contributed by atoms with Gasteiger partial charge < -0.3 is 10.6 Å². The van der Waals surface area contributed by atoms with Crippen molar-refractivity contribution in [2.24, 2.45) is 0 Å². The van der Waals surface area contributed by atoms with Gasteiger partial charge in [0.2, 0.25) is 0 Å². The lowest BCUT2D eigenvalue weighted by Gasteiger charge is -2.17. The number of hydrogen-bond acceptors (Lipinski definition) is 5. The van der Waals surface area contributed by atoms with Crippen molar-refractivity contribution in [2.45, 2.75) is 46.1 Å². The molecule has 16 heavy (non-hydrogen) atoms. The molecular formula is C10H18N4O2. The minimum absolute atomic E-state index is 0.0352. The number of hydrogen-bond donors (Lipinski definition) is 1. The molecule has 0 unspecified atom stereocenters. The van der Waals surface area contributed by atoms with E-state index in [9.17, 15) is 4.79 Å². The van der Waals surface area contributed by atoms with Crippen LogP contribution in [-0.2, 0) is 5.41 Å². The Morgan fingerprint density at radius 3 is 2.31 bits per heavy atom. The Morgan fingerprint density at radius 2 is 1.88 bits per heavy atom. The molecule has 6 heteroatoms. The fourth-order valence-electron chi connectivity index (χ4n) is 1.15. The van der Waals surface area contributed by atoms with Gasteiger partial charge in [0.05, 0.1) is 6.10 Å². The van der Waals surface area contributed by atoms with Crippen LogP contribution in [0.3, 0.4) is 0 Å². The topological polar surface area (TPSA) is 83.0 Å². The van der Waals surface area contributed by atoms with Gasteiger partial charge in [0.25, 0.3) is 5.56 Å². The van der Waals surface area contributed by atoms with Gasteiger partial charge in [-0.15, -0.1) is 5.10 Å². The number of aromatic nitrogens is 3. The molecule has 0 saturated carbocycles. The van der Waals surface area contributed by atoms with E-state index < -0.39 is 0 Å². The summed E-state index contributed by atoms with van der Waals surface area (Å²) in [5.41, 5.74) is -0.439. The molecule has 0 amide bonds. The summed E-state index contributed by atoms with van der Waals surface area (Å²) in [4.78, 5) is 11.9. The summed E-state index contributed by atoms with van der Waals surface area (Å²) in [5.74, 6) is 5.61. The summed E-state index contributed by atoms with van der Waals surface area (Å²) < 4.78 is 6.15. The molecule has 0 atom stereocenters. The Bertz CT molecular complexity index is 431. The highest BCUT2D eigenvalue weighted by molar-refractivity contribution is 5.10. The standard InChI is InChI=1S/C10H18N4O2/c1-6(2)16-9-13-12-7(10(3,4)5)8(15)14(9)11/h6H,11H2,1-5H3. The molecule has 1 aromatic rings. The first-order valence-electron chi connectivity index (χ1n) is 5.15. The minimum atomic E-state index is -0.387. The molecule has 0 aliphatic heterocycles. The molecule has 1 rings (SSSR count). The van der Waals surface area contributed by atoms with Crippen LogP contribution in [0, 0.1) is 0 Å². The van der Waals surface area contributed by atoms with Crippen LogP contribution < -0.4 is 16.1 Å². The lowest BCUT2D eigenvalue weighted by Crippen LogP contribution is -2.38. The van der Waals surface area contributed by atoms with E-state index in [1.54, 1.807) is 0 Å². The van der Waals surface area contributed by atoms with E-state index in [1.807, 2.05) is 34.6 Å². The first kappa shape index (κ1) is 12.5. The van der Waals surface area contributed by atoms with Gasteiger partial charge in [0.1, 0.15) is 5.69 Å². The summed E-state index contributed by atoms with van der Waals surface area (Å²) >= 11 is 0. The minimum Gasteiger partial charge on any atom is -0.460 e. The van der Waals surface area contributed by atoms with E-state index in [2.05, 4.69) is 10.2 Å². The third kappa shape index (κ3) is 2.50. The highest BCUT2D eigenvalue weighted by atomic mass is 16.5. The third-order valence-corrected chi connectivity index (χ3v) is 1.91. The third-order valence-electron chi connectivity index (χ3n) is 1.91. The van der Waals surface area contributed by atoms with Gasteiger partial charge in [0, 0.05) is 5.41 Å². The van der Waals surface area contributed by atoms with Crippen molar-refractivity contribution in [2.75, 3.05) is 5.84 Å². The molecule has 2 N–H and O–H groups in total. The van der Waals surface area contributed by atoms with Crippen LogP contribution in [0.4, 0.5) is 0 Å². The monoisotopic (exact) mass is 226 g/mol. The van der Waals surface area contributed by atoms with Crippen molar-refractivity contribution >= 4 is 0 Å². The molecule has 0 aromatic carbocycles. The van der Waals surface area contributed by atoms with Crippen molar-refractivity contribution in [3.8, 4) is 6.01 Å². The van der Waals surface area contributed by atoms with Crippen LogP contribution in [0.15, 0.2) is 4.79 Å². The average molecular weight is 226 g/mol. The SMILES string of the molecule is CC(C)Oc1nnc(C(C)(C)C)c(=O)n1N. The lowest BCUT2D eigenvalue weighted by atomic mass is 9.93. The normalized spacial score (nSPS) is 11.9. The van der Waals surface area contributed by atoms with Gasteiger partial charge in [-0.25, -0.2) is 0 Å². The second kappa shape index (κ2) is 4.11. The summed E-state index contributed by atoms with van der Waals surface area (Å²) in [6.45, 7) is 9.28. The smallest absolute Gasteiger partial charge is 0.338 e. The molecule has 1 aromatic heterocycles. The van der Waals surface area contributed by atoms with Crippen molar-refractivity contribution < 1.29 is 4.74 Å². The Morgan fingerprint density at radius 1 is 1.31 bits per heavy atom. The largest absolute Gasteiger partial charge is 0.460 e. The summed E-state index contributed by atoms with van der Waals surface area (Å²) in [7, 11) is 0. The van der Waals surface area contributed by atoms with Gasteiger partial charge >= 0.3 is 6.01 Å². The zero-order chi connectivity index (χ0) is 12.5. The van der Waals surface area contributed by atoms with E-state index >= 15 is 0 Å². The molecule has 0 aliphatic carbocycles. The number of nitrogen functional groups attached to an aromatic ring is 1. The Labute approximate surface area is 94.4 Å². The molecule has 1 heterocycles. The van der Waals surface area contributed by atoms with Gasteiger partial charge in [-0.05, 0) is 13.8 Å². The maximum absolute atomic E-state index is 11.9. The quantitative estimate of drug-likeness (QED) is 0.740. The molecule has 0 saturated heterocycles. The first-order valence-corrected chi connectivity index (χ1v) is 5.15. The average Bonchev–Trinajstić information content (AvgIpc) is 2.10. The van der Waals surface area contributed by atoms with E-state index in [-0.39, 0.29) is 23.1 Å². The van der Waals surface area contributed by atoms with Crippen LogP contribution in [-0.4, -0.2) is 21.0 Å². The first-order chi connectivity index (χ1) is 7.23. The summed E-state index contributed by atoms with van der Waals surface area (Å²) in [5, 5.41) is 7.69. The Balaban J connectivity index is 3.24. The molecular weight excluding hydrogens is 208 g/mol.